The van der Waals surface area contributed by atoms with Crippen LogP contribution in [0.15, 0.2) is 24.3 Å². The maximum atomic E-state index is 5.86. The molecule has 0 spiro atoms. The van der Waals surface area contributed by atoms with Gasteiger partial charge in [0.25, 0.3) is 0 Å². The van der Waals surface area contributed by atoms with Crippen molar-refractivity contribution < 1.29 is 0 Å². The molecule has 0 unspecified atom stereocenters. The van der Waals surface area contributed by atoms with Crippen molar-refractivity contribution in [1.82, 2.24) is 0 Å². The van der Waals surface area contributed by atoms with E-state index in [0.29, 0.717) is 0 Å². The number of benzene rings is 1. The third-order valence-corrected chi connectivity index (χ3v) is 3.19. The molecule has 1 aromatic heterocycles. The first-order valence-corrected chi connectivity index (χ1v) is 4.96. The maximum absolute atomic E-state index is 5.86. The van der Waals surface area contributed by atoms with Crippen LogP contribution in [-0.4, -0.2) is 0 Å². The number of thiophene rings is 1. The Hall–Kier alpha value is -0.530. The van der Waals surface area contributed by atoms with E-state index in [1.54, 1.807) is 11.3 Å². The van der Waals surface area contributed by atoms with E-state index in [0.717, 1.165) is 11.4 Å². The molecule has 0 N–H and O–H groups in total. The highest BCUT2D eigenvalue weighted by molar-refractivity contribution is 7.19. The minimum Gasteiger partial charge on any atom is -0.140 e. The molecule has 2 rings (SSSR count). The van der Waals surface area contributed by atoms with E-state index in [-0.39, 0.29) is 0 Å². The Kier molecular flexibility index (Phi) is 2.07. The molecule has 2 aromatic rings. The van der Waals surface area contributed by atoms with Gasteiger partial charge in [-0.05, 0) is 43.0 Å². The summed E-state index contributed by atoms with van der Waals surface area (Å²) >= 11 is 7.64. The molecular formula is C10H8ClS. The summed E-state index contributed by atoms with van der Waals surface area (Å²) in [6.45, 7) is 3.85. The van der Waals surface area contributed by atoms with Crippen molar-refractivity contribution in [3.8, 4) is 0 Å². The Bertz CT molecular complexity index is 403. The second-order valence-corrected chi connectivity index (χ2v) is 4.25. The molecule has 0 nitrogen and oxygen atoms in total. The third-order valence-electron chi connectivity index (χ3n) is 1.78. The zero-order valence-corrected chi connectivity index (χ0v) is 8.08. The molecule has 1 radical (unpaired) electrons. The Morgan fingerprint density at radius 2 is 2.17 bits per heavy atom. The number of hydrogen-bond donors (Lipinski definition) is 0. The van der Waals surface area contributed by atoms with Gasteiger partial charge in [-0.15, -0.1) is 11.3 Å². The van der Waals surface area contributed by atoms with Crippen LogP contribution in [0.4, 0.5) is 0 Å². The van der Waals surface area contributed by atoms with Crippen molar-refractivity contribution in [3.05, 3.63) is 41.1 Å². The van der Waals surface area contributed by atoms with E-state index in [9.17, 15) is 0 Å². The van der Waals surface area contributed by atoms with E-state index < -0.39 is 0 Å². The Labute approximate surface area is 80.8 Å². The second kappa shape index (κ2) is 3.08. The van der Waals surface area contributed by atoms with Crippen LogP contribution < -0.4 is 0 Å². The zero-order chi connectivity index (χ0) is 8.55. The number of rotatable bonds is 1. The molecule has 2 heteroatoms. The summed E-state index contributed by atoms with van der Waals surface area (Å²) in [6.07, 6.45) is 0.858. The fraction of sp³-hybridized carbons (Fsp3) is 0.100. The monoisotopic (exact) mass is 195 g/mol. The molecule has 0 bridgehead atoms. The smallest absolute Gasteiger partial charge is 0.0412 e. The quantitative estimate of drug-likeness (QED) is 0.647. The van der Waals surface area contributed by atoms with E-state index in [2.05, 4.69) is 19.1 Å². The molecule has 1 aromatic carbocycles. The maximum Gasteiger partial charge on any atom is 0.0412 e. The SMILES string of the molecule is [CH2]Cc1cc2cc(Cl)ccc2s1. The van der Waals surface area contributed by atoms with E-state index in [4.69, 9.17) is 11.6 Å². The third kappa shape index (κ3) is 1.35. The normalized spacial score (nSPS) is 10.8. The van der Waals surface area contributed by atoms with Crippen LogP contribution in [0.25, 0.3) is 10.1 Å². The van der Waals surface area contributed by atoms with Crippen molar-refractivity contribution in [3.63, 3.8) is 0 Å². The first-order valence-electron chi connectivity index (χ1n) is 3.77. The van der Waals surface area contributed by atoms with Crippen molar-refractivity contribution in [1.29, 1.82) is 0 Å². The highest BCUT2D eigenvalue weighted by atomic mass is 35.5. The fourth-order valence-electron chi connectivity index (χ4n) is 1.19. The van der Waals surface area contributed by atoms with Crippen LogP contribution in [0.1, 0.15) is 4.88 Å². The number of halogens is 1. The van der Waals surface area contributed by atoms with Crippen LogP contribution in [0.3, 0.4) is 0 Å². The number of fused-ring (bicyclic) bond motifs is 1. The van der Waals surface area contributed by atoms with Crippen LogP contribution in [0.5, 0.6) is 0 Å². The molecular weight excluding hydrogens is 188 g/mol. The lowest BCUT2D eigenvalue weighted by Crippen LogP contribution is -1.65. The van der Waals surface area contributed by atoms with Gasteiger partial charge in [-0.25, -0.2) is 0 Å². The lowest BCUT2D eigenvalue weighted by atomic mass is 10.2. The summed E-state index contributed by atoms with van der Waals surface area (Å²) in [5.41, 5.74) is 0. The zero-order valence-electron chi connectivity index (χ0n) is 6.51. The Morgan fingerprint density at radius 1 is 1.33 bits per heavy atom. The Morgan fingerprint density at radius 3 is 2.92 bits per heavy atom. The first-order chi connectivity index (χ1) is 5.79. The van der Waals surface area contributed by atoms with E-state index in [1.165, 1.54) is 15.0 Å². The largest absolute Gasteiger partial charge is 0.140 e. The van der Waals surface area contributed by atoms with Crippen molar-refractivity contribution in [2.24, 2.45) is 0 Å². The summed E-state index contributed by atoms with van der Waals surface area (Å²) < 4.78 is 1.29. The highest BCUT2D eigenvalue weighted by Gasteiger charge is 1.99. The fourth-order valence-corrected chi connectivity index (χ4v) is 2.32. The standard InChI is InChI=1S/C10H8ClS/c1-2-9-6-7-5-8(11)3-4-10(7)12-9/h3-6H,1-2H2. The van der Waals surface area contributed by atoms with Crippen LogP contribution in [0, 0.1) is 6.92 Å². The van der Waals surface area contributed by atoms with Crippen molar-refractivity contribution in [2.75, 3.05) is 0 Å². The number of hydrogen-bond acceptors (Lipinski definition) is 1. The van der Waals surface area contributed by atoms with Gasteiger partial charge in [0, 0.05) is 14.6 Å². The first kappa shape index (κ1) is 8.09. The van der Waals surface area contributed by atoms with Crippen molar-refractivity contribution >= 4 is 33.0 Å². The predicted molar refractivity (Wildman–Crippen MR) is 55.9 cm³/mol. The summed E-state index contributed by atoms with van der Waals surface area (Å²) in [5.74, 6) is 0. The van der Waals surface area contributed by atoms with Gasteiger partial charge in [-0.1, -0.05) is 11.6 Å². The summed E-state index contributed by atoms with van der Waals surface area (Å²) in [5, 5.41) is 2.03. The van der Waals surface area contributed by atoms with Gasteiger partial charge in [-0.2, -0.15) is 0 Å². The average Bonchev–Trinajstić information content (AvgIpc) is 2.46. The van der Waals surface area contributed by atoms with E-state index in [1.807, 2.05) is 12.1 Å². The Balaban J connectivity index is 2.67. The minimum absolute atomic E-state index is 0.802. The topological polar surface area (TPSA) is 0 Å². The summed E-state index contributed by atoms with van der Waals surface area (Å²) in [6, 6.07) is 8.13. The molecule has 0 aliphatic carbocycles. The van der Waals surface area contributed by atoms with Gasteiger partial charge in [0.05, 0.1) is 0 Å². The van der Waals surface area contributed by atoms with Crippen LogP contribution in [0.2, 0.25) is 5.02 Å². The molecule has 0 aliphatic rings. The van der Waals surface area contributed by atoms with E-state index >= 15 is 0 Å². The van der Waals surface area contributed by atoms with Gasteiger partial charge in [0.1, 0.15) is 0 Å². The molecule has 0 fully saturated rings. The van der Waals surface area contributed by atoms with Gasteiger partial charge in [-0.3, -0.25) is 0 Å². The second-order valence-electron chi connectivity index (χ2n) is 2.64. The predicted octanol–water partition coefficient (Wildman–Crippen LogP) is 3.93. The molecule has 0 saturated heterocycles. The summed E-state index contributed by atoms with van der Waals surface area (Å²) in [4.78, 5) is 1.31. The highest BCUT2D eigenvalue weighted by Crippen LogP contribution is 2.27. The minimum atomic E-state index is 0.802. The van der Waals surface area contributed by atoms with Gasteiger partial charge in [0.2, 0.25) is 0 Å². The summed E-state index contributed by atoms with van der Waals surface area (Å²) in [7, 11) is 0. The lowest BCUT2D eigenvalue weighted by Gasteiger charge is -1.88. The lowest BCUT2D eigenvalue weighted by molar-refractivity contribution is 1.35. The molecule has 61 valence electrons. The molecule has 1 heterocycles. The molecule has 0 amide bonds. The molecule has 12 heavy (non-hydrogen) atoms. The molecule has 0 atom stereocenters. The van der Waals surface area contributed by atoms with Crippen molar-refractivity contribution in [2.45, 2.75) is 6.42 Å². The van der Waals surface area contributed by atoms with Gasteiger partial charge >= 0.3 is 0 Å². The van der Waals surface area contributed by atoms with Gasteiger partial charge < -0.3 is 0 Å². The van der Waals surface area contributed by atoms with Crippen LogP contribution in [-0.2, 0) is 6.42 Å². The molecule has 0 saturated carbocycles. The molecule has 0 aliphatic heterocycles. The van der Waals surface area contributed by atoms with Crippen LogP contribution >= 0.6 is 22.9 Å². The van der Waals surface area contributed by atoms with Gasteiger partial charge in [0.15, 0.2) is 0 Å². The average molecular weight is 196 g/mol.